The van der Waals surface area contributed by atoms with Gasteiger partial charge < -0.3 is 15.1 Å². The van der Waals surface area contributed by atoms with Crippen LogP contribution in [0.5, 0.6) is 0 Å². The van der Waals surface area contributed by atoms with Crippen molar-refractivity contribution in [3.63, 3.8) is 0 Å². The minimum absolute atomic E-state index is 0.121. The molecule has 1 rings (SSSR count). The van der Waals surface area contributed by atoms with Crippen LogP contribution >= 0.6 is 0 Å². The molecule has 0 spiro atoms. The van der Waals surface area contributed by atoms with Crippen LogP contribution in [0.15, 0.2) is 18.3 Å². The summed E-state index contributed by atoms with van der Waals surface area (Å²) < 4.78 is 0. The van der Waals surface area contributed by atoms with Crippen LogP contribution in [-0.4, -0.2) is 34.4 Å². The van der Waals surface area contributed by atoms with E-state index in [1.165, 1.54) is 0 Å². The summed E-state index contributed by atoms with van der Waals surface area (Å²) in [5.74, 6) is 0. The molecule has 0 fully saturated rings. The Morgan fingerprint density at radius 3 is 2.38 bits per heavy atom. The van der Waals surface area contributed by atoms with Gasteiger partial charge in [0.15, 0.2) is 0 Å². The monoisotopic (exact) mass is 224 g/mol. The lowest BCUT2D eigenvalue weighted by molar-refractivity contribution is 0.194. The standard InChI is InChI=1S/C12H20N2O2/c1-9(2)14(6-7-15)11-4-5-12(10(3)16)13-8-11/h4-5,8-10,15-16H,6-7H2,1-3H3. The third kappa shape index (κ3) is 3.18. The normalized spacial score (nSPS) is 12.9. The first-order valence-electron chi connectivity index (χ1n) is 5.57. The number of rotatable bonds is 5. The zero-order chi connectivity index (χ0) is 12.1. The van der Waals surface area contributed by atoms with Gasteiger partial charge in [-0.05, 0) is 32.9 Å². The molecule has 4 nitrogen and oxygen atoms in total. The molecule has 0 saturated heterocycles. The Bertz CT molecular complexity index is 309. The number of anilines is 1. The van der Waals surface area contributed by atoms with E-state index < -0.39 is 6.10 Å². The minimum Gasteiger partial charge on any atom is -0.395 e. The molecule has 0 saturated carbocycles. The maximum atomic E-state index is 9.35. The number of hydrogen-bond acceptors (Lipinski definition) is 4. The maximum absolute atomic E-state index is 9.35. The summed E-state index contributed by atoms with van der Waals surface area (Å²) in [6, 6.07) is 4.05. The van der Waals surface area contributed by atoms with Gasteiger partial charge in [-0.1, -0.05) is 0 Å². The Hall–Kier alpha value is -1.13. The van der Waals surface area contributed by atoms with E-state index in [1.807, 2.05) is 12.1 Å². The highest BCUT2D eigenvalue weighted by Crippen LogP contribution is 2.18. The minimum atomic E-state index is -0.542. The van der Waals surface area contributed by atoms with Gasteiger partial charge in [0.05, 0.1) is 30.3 Å². The molecule has 4 heteroatoms. The van der Waals surface area contributed by atoms with Crippen LogP contribution in [0.1, 0.15) is 32.6 Å². The average molecular weight is 224 g/mol. The quantitative estimate of drug-likeness (QED) is 0.792. The van der Waals surface area contributed by atoms with Crippen LogP contribution in [-0.2, 0) is 0 Å². The molecule has 16 heavy (non-hydrogen) atoms. The molecule has 1 unspecified atom stereocenters. The summed E-state index contributed by atoms with van der Waals surface area (Å²) in [7, 11) is 0. The molecule has 0 aromatic carbocycles. The summed E-state index contributed by atoms with van der Waals surface area (Å²) in [6.45, 7) is 6.54. The lowest BCUT2D eigenvalue weighted by Gasteiger charge is -2.28. The van der Waals surface area contributed by atoms with Crippen LogP contribution in [0.3, 0.4) is 0 Å². The fourth-order valence-corrected chi connectivity index (χ4v) is 1.61. The number of hydrogen-bond donors (Lipinski definition) is 2. The van der Waals surface area contributed by atoms with E-state index in [1.54, 1.807) is 13.1 Å². The molecule has 0 radical (unpaired) electrons. The Kier molecular flexibility index (Phi) is 4.71. The molecule has 1 aromatic heterocycles. The van der Waals surface area contributed by atoms with Gasteiger partial charge >= 0.3 is 0 Å². The predicted octanol–water partition coefficient (Wildman–Crippen LogP) is 1.34. The van der Waals surface area contributed by atoms with Crippen molar-refractivity contribution in [3.05, 3.63) is 24.0 Å². The van der Waals surface area contributed by atoms with E-state index in [2.05, 4.69) is 23.7 Å². The van der Waals surface area contributed by atoms with Gasteiger partial charge in [-0.25, -0.2) is 0 Å². The maximum Gasteiger partial charge on any atom is 0.0931 e. The predicted molar refractivity (Wildman–Crippen MR) is 64.4 cm³/mol. The number of pyridine rings is 1. The van der Waals surface area contributed by atoms with Crippen LogP contribution < -0.4 is 4.90 Å². The Morgan fingerprint density at radius 2 is 2.00 bits per heavy atom. The van der Waals surface area contributed by atoms with Crippen LogP contribution in [0.2, 0.25) is 0 Å². The molecular formula is C12H20N2O2. The Balaban J connectivity index is 2.85. The number of aromatic nitrogens is 1. The van der Waals surface area contributed by atoms with E-state index in [4.69, 9.17) is 5.11 Å². The van der Waals surface area contributed by atoms with Crippen molar-refractivity contribution in [1.82, 2.24) is 4.98 Å². The second-order valence-electron chi connectivity index (χ2n) is 4.13. The fraction of sp³-hybridized carbons (Fsp3) is 0.583. The summed E-state index contributed by atoms with van der Waals surface area (Å²) in [4.78, 5) is 6.26. The van der Waals surface area contributed by atoms with E-state index in [0.29, 0.717) is 18.3 Å². The van der Waals surface area contributed by atoms with Crippen molar-refractivity contribution in [2.75, 3.05) is 18.1 Å². The van der Waals surface area contributed by atoms with Gasteiger partial charge in [-0.3, -0.25) is 4.98 Å². The van der Waals surface area contributed by atoms with E-state index >= 15 is 0 Å². The first-order valence-corrected chi connectivity index (χ1v) is 5.57. The van der Waals surface area contributed by atoms with Crippen LogP contribution in [0.4, 0.5) is 5.69 Å². The van der Waals surface area contributed by atoms with E-state index in [9.17, 15) is 5.11 Å². The zero-order valence-corrected chi connectivity index (χ0v) is 10.1. The highest BCUT2D eigenvalue weighted by Gasteiger charge is 2.10. The smallest absolute Gasteiger partial charge is 0.0931 e. The molecule has 0 aliphatic heterocycles. The lowest BCUT2D eigenvalue weighted by Crippen LogP contribution is -2.33. The largest absolute Gasteiger partial charge is 0.395 e. The highest BCUT2D eigenvalue weighted by atomic mass is 16.3. The fourth-order valence-electron chi connectivity index (χ4n) is 1.61. The Morgan fingerprint density at radius 1 is 1.31 bits per heavy atom. The van der Waals surface area contributed by atoms with Crippen molar-refractivity contribution in [2.45, 2.75) is 32.9 Å². The number of aliphatic hydroxyl groups is 2. The second-order valence-corrected chi connectivity index (χ2v) is 4.13. The molecule has 1 heterocycles. The first-order chi connectivity index (χ1) is 7.56. The van der Waals surface area contributed by atoms with Crippen molar-refractivity contribution >= 4 is 5.69 Å². The molecule has 0 bridgehead atoms. The SMILES string of the molecule is CC(O)c1ccc(N(CCO)C(C)C)cn1. The zero-order valence-electron chi connectivity index (χ0n) is 10.1. The van der Waals surface area contributed by atoms with E-state index in [-0.39, 0.29) is 6.61 Å². The van der Waals surface area contributed by atoms with Gasteiger partial charge in [0, 0.05) is 12.6 Å². The summed E-state index contributed by atoms with van der Waals surface area (Å²) in [5.41, 5.74) is 1.63. The molecule has 0 aliphatic carbocycles. The van der Waals surface area contributed by atoms with Gasteiger partial charge in [0.25, 0.3) is 0 Å². The summed E-state index contributed by atoms with van der Waals surface area (Å²) in [6.07, 6.45) is 1.19. The lowest BCUT2D eigenvalue weighted by atomic mass is 10.2. The molecular weight excluding hydrogens is 204 g/mol. The first kappa shape index (κ1) is 12.9. The second kappa shape index (κ2) is 5.82. The van der Waals surface area contributed by atoms with Crippen molar-refractivity contribution < 1.29 is 10.2 Å². The average Bonchev–Trinajstić information content (AvgIpc) is 2.25. The number of nitrogens with zero attached hydrogens (tertiary/aromatic N) is 2. The van der Waals surface area contributed by atoms with Gasteiger partial charge in [0.2, 0.25) is 0 Å². The Labute approximate surface area is 96.6 Å². The van der Waals surface area contributed by atoms with Crippen molar-refractivity contribution in [3.8, 4) is 0 Å². The topological polar surface area (TPSA) is 56.6 Å². The summed E-state index contributed by atoms with van der Waals surface area (Å²) in [5, 5.41) is 18.3. The van der Waals surface area contributed by atoms with E-state index in [0.717, 1.165) is 5.69 Å². The molecule has 0 aliphatic rings. The molecule has 0 amide bonds. The van der Waals surface area contributed by atoms with Crippen molar-refractivity contribution in [1.29, 1.82) is 0 Å². The van der Waals surface area contributed by atoms with Crippen molar-refractivity contribution in [2.24, 2.45) is 0 Å². The molecule has 1 atom stereocenters. The third-order valence-corrected chi connectivity index (χ3v) is 2.49. The third-order valence-electron chi connectivity index (χ3n) is 2.49. The number of aliphatic hydroxyl groups excluding tert-OH is 2. The molecule has 1 aromatic rings. The van der Waals surface area contributed by atoms with Crippen LogP contribution in [0.25, 0.3) is 0 Å². The van der Waals surface area contributed by atoms with Gasteiger partial charge in [-0.2, -0.15) is 0 Å². The highest BCUT2D eigenvalue weighted by molar-refractivity contribution is 5.45. The molecule has 2 N–H and O–H groups in total. The summed E-state index contributed by atoms with van der Waals surface area (Å²) >= 11 is 0. The van der Waals surface area contributed by atoms with Gasteiger partial charge in [-0.15, -0.1) is 0 Å². The molecule has 90 valence electrons. The van der Waals surface area contributed by atoms with Gasteiger partial charge in [0.1, 0.15) is 0 Å². The van der Waals surface area contributed by atoms with Crippen LogP contribution in [0, 0.1) is 0 Å².